The molecule has 0 aliphatic heterocycles. The zero-order chi connectivity index (χ0) is 23.2. The number of benzene rings is 4. The first-order valence-corrected chi connectivity index (χ1v) is 10.9. The van der Waals surface area contributed by atoms with Gasteiger partial charge in [-0.15, -0.1) is 0 Å². The molecule has 0 fully saturated rings. The van der Waals surface area contributed by atoms with Gasteiger partial charge in [0.05, 0.1) is 11.1 Å². The first-order chi connectivity index (χ1) is 16.0. The summed E-state index contributed by atoms with van der Waals surface area (Å²) in [5.74, 6) is -0.467. The van der Waals surface area contributed by atoms with E-state index in [0.29, 0.717) is 24.0 Å². The molecule has 0 aliphatic carbocycles. The van der Waals surface area contributed by atoms with Crippen LogP contribution in [0.25, 0.3) is 0 Å². The van der Waals surface area contributed by atoms with Gasteiger partial charge in [-0.1, -0.05) is 72.8 Å². The van der Waals surface area contributed by atoms with Crippen molar-refractivity contribution < 1.29 is 19.8 Å². The largest absolute Gasteiger partial charge is 0.507 e. The molecule has 0 spiro atoms. The quantitative estimate of drug-likeness (QED) is 0.346. The van der Waals surface area contributed by atoms with Crippen LogP contribution in [0.2, 0.25) is 0 Å². The fourth-order valence-corrected chi connectivity index (χ4v) is 3.84. The van der Waals surface area contributed by atoms with Crippen LogP contribution < -0.4 is 0 Å². The Morgan fingerprint density at radius 1 is 0.545 bits per heavy atom. The van der Waals surface area contributed by atoms with Crippen molar-refractivity contribution >= 4 is 11.6 Å². The average Bonchev–Trinajstić information content (AvgIpc) is 2.84. The van der Waals surface area contributed by atoms with Crippen LogP contribution in [0.3, 0.4) is 0 Å². The van der Waals surface area contributed by atoms with Gasteiger partial charge < -0.3 is 10.2 Å². The maximum Gasteiger partial charge on any atom is 0.196 e. The van der Waals surface area contributed by atoms with Gasteiger partial charge in [0.25, 0.3) is 0 Å². The number of aromatic hydroxyl groups is 2. The highest BCUT2D eigenvalue weighted by Gasteiger charge is 2.15. The number of hydrogen-bond donors (Lipinski definition) is 2. The Labute approximate surface area is 192 Å². The van der Waals surface area contributed by atoms with Crippen LogP contribution in [-0.4, -0.2) is 21.8 Å². The lowest BCUT2D eigenvalue weighted by molar-refractivity contribution is 0.102. The summed E-state index contributed by atoms with van der Waals surface area (Å²) in [6.07, 6.45) is 2.20. The lowest BCUT2D eigenvalue weighted by atomic mass is 9.97. The molecule has 2 N–H and O–H groups in total. The fourth-order valence-electron chi connectivity index (χ4n) is 3.84. The van der Waals surface area contributed by atoms with E-state index in [9.17, 15) is 19.8 Å². The highest BCUT2D eigenvalue weighted by molar-refractivity contribution is 6.11. The van der Waals surface area contributed by atoms with E-state index in [1.165, 1.54) is 0 Å². The van der Waals surface area contributed by atoms with Crippen LogP contribution in [0.15, 0.2) is 97.1 Å². The molecular formula is C29H24O4. The SMILES string of the molecule is O=C(c1ccccc1)c1ccc(CCCc2ccc(C(=O)c3ccccc3)c(O)c2)cc1O. The number of carbonyl (C=O) groups excluding carboxylic acids is 2. The lowest BCUT2D eigenvalue weighted by Gasteiger charge is -2.09. The second-order valence-electron chi connectivity index (χ2n) is 7.95. The highest BCUT2D eigenvalue weighted by Crippen LogP contribution is 2.25. The molecule has 0 unspecified atom stereocenters. The van der Waals surface area contributed by atoms with Gasteiger partial charge >= 0.3 is 0 Å². The van der Waals surface area contributed by atoms with Crippen molar-refractivity contribution in [3.05, 3.63) is 130 Å². The van der Waals surface area contributed by atoms with Gasteiger partial charge in [-0.25, -0.2) is 0 Å². The topological polar surface area (TPSA) is 74.6 Å². The van der Waals surface area contributed by atoms with Gasteiger partial charge in [0, 0.05) is 11.1 Å². The number of phenols is 2. The van der Waals surface area contributed by atoms with Gasteiger partial charge in [-0.2, -0.15) is 0 Å². The zero-order valence-electron chi connectivity index (χ0n) is 18.1. The van der Waals surface area contributed by atoms with E-state index in [2.05, 4.69) is 0 Å². The van der Waals surface area contributed by atoms with Crippen molar-refractivity contribution in [1.82, 2.24) is 0 Å². The minimum absolute atomic E-state index is 0.0252. The molecule has 33 heavy (non-hydrogen) atoms. The predicted molar refractivity (Wildman–Crippen MR) is 128 cm³/mol. The van der Waals surface area contributed by atoms with Crippen LogP contribution in [0, 0.1) is 0 Å². The molecule has 0 aliphatic rings. The van der Waals surface area contributed by atoms with Gasteiger partial charge in [-0.3, -0.25) is 9.59 Å². The molecule has 0 saturated heterocycles. The third-order valence-corrected chi connectivity index (χ3v) is 5.62. The van der Waals surface area contributed by atoms with Crippen molar-refractivity contribution in [1.29, 1.82) is 0 Å². The normalized spacial score (nSPS) is 10.7. The van der Waals surface area contributed by atoms with Crippen molar-refractivity contribution in [2.75, 3.05) is 0 Å². The molecule has 4 aromatic carbocycles. The Morgan fingerprint density at radius 2 is 0.939 bits per heavy atom. The molecule has 0 radical (unpaired) electrons. The first kappa shape index (κ1) is 22.0. The summed E-state index contributed by atoms with van der Waals surface area (Å²) in [7, 11) is 0. The molecule has 4 heteroatoms. The number of ketones is 2. The summed E-state index contributed by atoms with van der Waals surface area (Å²) < 4.78 is 0. The van der Waals surface area contributed by atoms with E-state index in [1.807, 2.05) is 24.3 Å². The van der Waals surface area contributed by atoms with Gasteiger partial charge in [0.1, 0.15) is 11.5 Å². The number of phenolic OH excluding ortho intramolecular Hbond substituents is 2. The summed E-state index contributed by atoms with van der Waals surface area (Å²) in [5, 5.41) is 20.7. The monoisotopic (exact) mass is 436 g/mol. The van der Waals surface area contributed by atoms with Gasteiger partial charge in [-0.05, 0) is 54.7 Å². The maximum absolute atomic E-state index is 12.6. The number of aryl methyl sites for hydroxylation is 2. The van der Waals surface area contributed by atoms with E-state index >= 15 is 0 Å². The second kappa shape index (κ2) is 9.96. The molecule has 4 nitrogen and oxygen atoms in total. The Morgan fingerprint density at radius 3 is 1.30 bits per heavy atom. The number of hydrogen-bond acceptors (Lipinski definition) is 4. The van der Waals surface area contributed by atoms with Crippen LogP contribution in [-0.2, 0) is 12.8 Å². The van der Waals surface area contributed by atoms with E-state index in [-0.39, 0.29) is 34.2 Å². The van der Waals surface area contributed by atoms with Crippen molar-refractivity contribution in [2.24, 2.45) is 0 Å². The van der Waals surface area contributed by atoms with Crippen molar-refractivity contribution in [3.63, 3.8) is 0 Å². The first-order valence-electron chi connectivity index (χ1n) is 10.9. The smallest absolute Gasteiger partial charge is 0.196 e. The van der Waals surface area contributed by atoms with E-state index in [1.54, 1.807) is 72.8 Å². The third-order valence-electron chi connectivity index (χ3n) is 5.62. The minimum atomic E-state index is -0.208. The summed E-state index contributed by atoms with van der Waals surface area (Å²) in [6, 6.07) is 28.1. The van der Waals surface area contributed by atoms with E-state index in [0.717, 1.165) is 17.5 Å². The van der Waals surface area contributed by atoms with E-state index < -0.39 is 0 Å². The van der Waals surface area contributed by atoms with Gasteiger partial charge in [0.15, 0.2) is 11.6 Å². The molecule has 4 rings (SSSR count). The van der Waals surface area contributed by atoms with E-state index in [4.69, 9.17) is 0 Å². The highest BCUT2D eigenvalue weighted by atomic mass is 16.3. The third kappa shape index (κ3) is 5.18. The summed E-state index contributed by atoms with van der Waals surface area (Å²) in [5.41, 5.74) is 3.50. The molecule has 0 bridgehead atoms. The standard InChI is InChI=1S/C29H24O4/c30-26-18-20(14-16-24(26)28(32)22-10-3-1-4-11-22)8-7-9-21-15-17-25(27(31)19-21)29(33)23-12-5-2-6-13-23/h1-6,10-19,30-31H,7-9H2. The molecule has 0 aromatic heterocycles. The Hall–Kier alpha value is -4.18. The molecule has 0 atom stereocenters. The average molecular weight is 437 g/mol. The van der Waals surface area contributed by atoms with Crippen LogP contribution in [0.4, 0.5) is 0 Å². The lowest BCUT2D eigenvalue weighted by Crippen LogP contribution is -2.02. The van der Waals surface area contributed by atoms with Crippen molar-refractivity contribution in [3.8, 4) is 11.5 Å². The van der Waals surface area contributed by atoms with Crippen LogP contribution in [0.5, 0.6) is 11.5 Å². The number of carbonyl (C=O) groups is 2. The fraction of sp³-hybridized carbons (Fsp3) is 0.103. The van der Waals surface area contributed by atoms with Crippen LogP contribution in [0.1, 0.15) is 49.4 Å². The summed E-state index contributed by atoms with van der Waals surface area (Å²) in [4.78, 5) is 25.1. The van der Waals surface area contributed by atoms with Crippen molar-refractivity contribution in [2.45, 2.75) is 19.3 Å². The predicted octanol–water partition coefficient (Wildman–Crippen LogP) is 5.74. The Bertz CT molecular complexity index is 1180. The molecule has 0 saturated carbocycles. The van der Waals surface area contributed by atoms with Gasteiger partial charge in [0.2, 0.25) is 0 Å². The summed E-state index contributed by atoms with van der Waals surface area (Å²) >= 11 is 0. The molecule has 4 aromatic rings. The molecular weight excluding hydrogens is 412 g/mol. The summed E-state index contributed by atoms with van der Waals surface area (Å²) in [6.45, 7) is 0. The molecule has 0 amide bonds. The minimum Gasteiger partial charge on any atom is -0.507 e. The molecule has 164 valence electrons. The zero-order valence-corrected chi connectivity index (χ0v) is 18.1. The molecule has 0 heterocycles. The van der Waals surface area contributed by atoms with Crippen LogP contribution >= 0.6 is 0 Å². The second-order valence-corrected chi connectivity index (χ2v) is 7.95. The number of rotatable bonds is 8. The Kier molecular flexibility index (Phi) is 6.65. The maximum atomic E-state index is 12.6. The Balaban J connectivity index is 1.37.